The van der Waals surface area contributed by atoms with Gasteiger partial charge in [0.2, 0.25) is 11.1 Å². The number of carbonyl (C=O) groups is 9. The van der Waals surface area contributed by atoms with Crippen LogP contribution in [0.15, 0.2) is 72.9 Å². The molecule has 0 bridgehead atoms. The molecule has 3 aliphatic heterocycles. The van der Waals surface area contributed by atoms with Gasteiger partial charge in [0, 0.05) is 54.8 Å². The van der Waals surface area contributed by atoms with Crippen LogP contribution in [0.3, 0.4) is 0 Å². The lowest BCUT2D eigenvalue weighted by molar-refractivity contribution is -0.162. The number of imide groups is 1. The summed E-state index contributed by atoms with van der Waals surface area (Å²) >= 11 is 5.11. The number of rotatable bonds is 10. The third-order valence-corrected chi connectivity index (χ3v) is 18.4. The molecular weight excluding hydrogens is 1170 g/mol. The Morgan fingerprint density at radius 2 is 0.989 bits per heavy atom. The maximum atomic E-state index is 12.0. The number of amides is 3. The van der Waals surface area contributed by atoms with Gasteiger partial charge >= 0.3 is 23.9 Å². The topological polar surface area (TPSA) is 217 Å². The first-order chi connectivity index (χ1) is 42.6. The molecule has 5 saturated carbocycles. The van der Waals surface area contributed by atoms with Gasteiger partial charge in [0.15, 0.2) is 0 Å². The van der Waals surface area contributed by atoms with Crippen molar-refractivity contribution in [3.63, 3.8) is 0 Å². The molecular formula is C75H121ClN2O13. The quantitative estimate of drug-likeness (QED) is 0.0685. The minimum Gasteiger partial charge on any atom is -0.478 e. The van der Waals surface area contributed by atoms with Crippen molar-refractivity contribution in [1.82, 2.24) is 10.2 Å². The van der Waals surface area contributed by atoms with Crippen molar-refractivity contribution in [3.8, 4) is 0 Å². The third kappa shape index (κ3) is 39.8. The van der Waals surface area contributed by atoms with Crippen LogP contribution in [0.1, 0.15) is 276 Å². The number of ether oxygens (including phenoxy) is 3. The van der Waals surface area contributed by atoms with E-state index in [4.69, 9.17) is 30.9 Å². The van der Waals surface area contributed by atoms with Gasteiger partial charge in [0.05, 0.1) is 18.1 Å². The summed E-state index contributed by atoms with van der Waals surface area (Å²) in [5, 5.41) is 10.8. The zero-order valence-electron chi connectivity index (χ0n) is 58.6. The number of nitrogens with zero attached hydrogens (tertiary/aromatic N) is 1. The minimum atomic E-state index is -0.832. The first-order valence-electron chi connectivity index (χ1n) is 34.3. The molecule has 2 N–H and O–H groups in total. The molecule has 0 aromatic rings. The lowest BCUT2D eigenvalue weighted by atomic mass is 9.75. The van der Waals surface area contributed by atoms with Crippen molar-refractivity contribution in [2.24, 2.45) is 37.9 Å². The largest absolute Gasteiger partial charge is 0.478 e. The number of hydrogen-bond donors (Lipinski definition) is 2. The van der Waals surface area contributed by atoms with E-state index >= 15 is 0 Å². The summed E-state index contributed by atoms with van der Waals surface area (Å²) in [6.45, 7) is 28.0. The molecule has 0 radical (unpaired) electrons. The fourth-order valence-corrected chi connectivity index (χ4v) is 11.3. The van der Waals surface area contributed by atoms with Crippen molar-refractivity contribution in [3.05, 3.63) is 72.9 Å². The molecule has 5 aliphatic carbocycles. The van der Waals surface area contributed by atoms with E-state index in [0.717, 1.165) is 83.6 Å². The van der Waals surface area contributed by atoms with Gasteiger partial charge in [-0.05, 0) is 170 Å². The van der Waals surface area contributed by atoms with E-state index in [0.29, 0.717) is 19.3 Å². The van der Waals surface area contributed by atoms with Crippen LogP contribution in [-0.4, -0.2) is 95.5 Å². The normalized spacial score (nSPS) is 22.0. The highest BCUT2D eigenvalue weighted by Crippen LogP contribution is 2.40. The summed E-state index contributed by atoms with van der Waals surface area (Å²) in [7, 11) is 0. The van der Waals surface area contributed by atoms with E-state index in [1.165, 1.54) is 145 Å². The number of esters is 3. The van der Waals surface area contributed by atoms with Gasteiger partial charge in [0.1, 0.15) is 6.29 Å². The molecule has 3 amide bonds. The van der Waals surface area contributed by atoms with Crippen LogP contribution in [0.2, 0.25) is 0 Å². The molecule has 91 heavy (non-hydrogen) atoms. The Labute approximate surface area is 554 Å². The highest BCUT2D eigenvalue weighted by molar-refractivity contribution is 6.64. The summed E-state index contributed by atoms with van der Waals surface area (Å²) in [4.78, 5) is 100. The van der Waals surface area contributed by atoms with Crippen molar-refractivity contribution in [2.45, 2.75) is 282 Å². The van der Waals surface area contributed by atoms with Crippen LogP contribution in [0, 0.1) is 37.9 Å². The SMILES string of the molecule is CC(C)(C)C(=O)Cl.CC1(/C=C/C(=O)N2CCC=CC2=O)CCCCC1.CC1(/C=C/C(=O)O)CCCCC1.CC1(/C=C/C(=O)OC(=O)C(C)(C)C)CCCCC1.CC1(C=O)CCCCC1.CC1CCCO1.CCOC(=O)/C=C/C1(C)CCCCC1.O=C1C=CCCN1. The molecule has 6 fully saturated rings. The second kappa shape index (κ2) is 43.6. The smallest absolute Gasteiger partial charge is 0.338 e. The summed E-state index contributed by atoms with van der Waals surface area (Å²) in [6, 6.07) is 0. The van der Waals surface area contributed by atoms with Gasteiger partial charge < -0.3 is 29.4 Å². The number of carbonyl (C=O) groups excluding carboxylic acids is 8. The summed E-state index contributed by atoms with van der Waals surface area (Å²) in [6.07, 6.45) is 56.7. The number of aliphatic carboxylic acids is 1. The Bertz CT molecular complexity index is 2400. The van der Waals surface area contributed by atoms with E-state index in [2.05, 4.69) is 46.9 Å². The zero-order valence-corrected chi connectivity index (χ0v) is 59.3. The molecule has 1 unspecified atom stereocenters. The lowest BCUT2D eigenvalue weighted by Gasteiger charge is -2.30. The first kappa shape index (κ1) is 83.7. The average molecular weight is 1290 g/mol. The third-order valence-electron chi connectivity index (χ3n) is 17.8. The van der Waals surface area contributed by atoms with E-state index < -0.39 is 23.3 Å². The molecule has 516 valence electrons. The zero-order chi connectivity index (χ0) is 68.6. The number of hydrogen-bond acceptors (Lipinski definition) is 12. The van der Waals surface area contributed by atoms with Gasteiger partial charge in [-0.3, -0.25) is 28.9 Å². The number of halogens is 1. The highest BCUT2D eigenvalue weighted by atomic mass is 35.5. The number of carboxylic acids is 1. The van der Waals surface area contributed by atoms with Crippen LogP contribution in [0.5, 0.6) is 0 Å². The Morgan fingerprint density at radius 3 is 1.27 bits per heavy atom. The Balaban J connectivity index is 0.000000535. The van der Waals surface area contributed by atoms with Gasteiger partial charge in [-0.1, -0.05) is 188 Å². The molecule has 0 aromatic carbocycles. The molecule has 3 heterocycles. The first-order valence-corrected chi connectivity index (χ1v) is 34.7. The second-order valence-electron chi connectivity index (χ2n) is 29.4. The number of carboxylic acid groups (broad SMARTS) is 1. The van der Waals surface area contributed by atoms with Crippen molar-refractivity contribution >= 4 is 64.7 Å². The van der Waals surface area contributed by atoms with E-state index in [-0.39, 0.29) is 61.4 Å². The molecule has 15 nitrogen and oxygen atoms in total. The molecule has 1 saturated heterocycles. The van der Waals surface area contributed by atoms with Gasteiger partial charge in [-0.25, -0.2) is 14.4 Å². The number of allylic oxidation sites excluding steroid dienone is 4. The summed E-state index contributed by atoms with van der Waals surface area (Å²) in [5.41, 5.74) is -0.371. The maximum Gasteiger partial charge on any atom is 0.338 e. The molecule has 8 rings (SSSR count). The van der Waals surface area contributed by atoms with Crippen LogP contribution in [0.25, 0.3) is 0 Å². The molecule has 1 atom stereocenters. The van der Waals surface area contributed by atoms with Crippen molar-refractivity contribution in [1.29, 1.82) is 0 Å². The van der Waals surface area contributed by atoms with Crippen LogP contribution >= 0.6 is 11.6 Å². The van der Waals surface area contributed by atoms with Crippen LogP contribution in [0.4, 0.5) is 0 Å². The summed E-state index contributed by atoms with van der Waals surface area (Å²) in [5.74, 6) is -2.40. The van der Waals surface area contributed by atoms with E-state index in [1.54, 1.807) is 59.8 Å². The van der Waals surface area contributed by atoms with Crippen molar-refractivity contribution in [2.75, 3.05) is 26.3 Å². The van der Waals surface area contributed by atoms with Gasteiger partial charge in [-0.2, -0.15) is 0 Å². The number of aldehydes is 1. The molecule has 0 spiro atoms. The predicted octanol–water partition coefficient (Wildman–Crippen LogP) is 17.3. The average Bonchev–Trinajstić information content (AvgIpc) is 2.32. The monoisotopic (exact) mass is 1290 g/mol. The maximum absolute atomic E-state index is 12.0. The van der Waals surface area contributed by atoms with Crippen LogP contribution < -0.4 is 5.32 Å². The van der Waals surface area contributed by atoms with Crippen molar-refractivity contribution < 1.29 is 62.5 Å². The van der Waals surface area contributed by atoms with E-state index in [9.17, 15) is 43.2 Å². The highest BCUT2D eigenvalue weighted by Gasteiger charge is 2.30. The molecule has 16 heteroatoms. The minimum absolute atomic E-state index is 0.0336. The second-order valence-corrected chi connectivity index (χ2v) is 29.8. The Morgan fingerprint density at radius 1 is 0.593 bits per heavy atom. The Hall–Kier alpha value is -5.28. The van der Waals surface area contributed by atoms with E-state index in [1.807, 2.05) is 43.4 Å². The van der Waals surface area contributed by atoms with Crippen LogP contribution in [-0.2, 0) is 57.4 Å². The fraction of sp³-hybridized carbons (Fsp3) is 0.720. The fourth-order valence-electron chi connectivity index (χ4n) is 11.3. The molecule has 8 aliphatic rings. The molecule has 0 aromatic heterocycles. The van der Waals surface area contributed by atoms with Gasteiger partial charge in [0.25, 0.3) is 11.8 Å². The standard InChI is InChI=1S/C15H21NO2.C15H24O3.C12H20O2.C10H16O2.C8H14O.C5H9ClO.C5H7NO.C5H10O/c1-15(9-4-2-5-10-15)11-8-14(18)16-12-6-3-7-13(16)17;1-14(2,3)13(17)18-12(16)8-11-15(4)9-6-5-7-10-15;1-3-14-11(13)7-10-12(2)8-5-4-6-9-12;1-10(8-5-9(11)12)6-3-2-4-7-10;1-8(7-9)5-3-2-4-6-8;1-5(2,3)4(6)7;7-5-3-1-2-4-6-5;1-5-3-2-4-6-5/h3,7-8,11H,2,4-6,9-10,12H2,1H3;8,11H,5-7,9-10H2,1-4H3;7,10H,3-6,8-9H2,1-2H3;5,8H,2-4,6-7H2,1H3,(H,11,12);7H,2-6H2,1H3;1-3H3;1,3H,2,4H2,(H,6,7);5H,2-4H2,1H3/b2*11-8+;10-7+;8-5+;;;;. The lowest BCUT2D eigenvalue weighted by Crippen LogP contribution is -2.37. The Kier molecular flexibility index (Phi) is 40.1. The summed E-state index contributed by atoms with van der Waals surface area (Å²) < 4.78 is 14.8. The van der Waals surface area contributed by atoms with Gasteiger partial charge in [-0.15, -0.1) is 0 Å². The predicted molar refractivity (Wildman–Crippen MR) is 366 cm³/mol. The number of nitrogens with one attached hydrogen (secondary N) is 1.